The van der Waals surface area contributed by atoms with E-state index in [0.717, 1.165) is 16.3 Å². The average molecular weight is 593 g/mol. The quantitative estimate of drug-likeness (QED) is 0.217. The summed E-state index contributed by atoms with van der Waals surface area (Å²) >= 11 is 1.23. The summed E-state index contributed by atoms with van der Waals surface area (Å²) in [4.78, 5) is 33.2. The lowest BCUT2D eigenvalue weighted by molar-refractivity contribution is -0.138. The second-order valence-electron chi connectivity index (χ2n) is 10.3. The lowest BCUT2D eigenvalue weighted by Gasteiger charge is -2.25. The van der Waals surface area contributed by atoms with Crippen molar-refractivity contribution in [3.05, 3.63) is 139 Å². The third-order valence-electron chi connectivity index (χ3n) is 7.13. The lowest BCUT2D eigenvalue weighted by atomic mass is 9.93. The molecule has 6 nitrogen and oxygen atoms in total. The molecule has 0 saturated heterocycles. The van der Waals surface area contributed by atoms with Gasteiger partial charge in [0.2, 0.25) is 0 Å². The Hall–Kier alpha value is -4.82. The fourth-order valence-electron chi connectivity index (χ4n) is 5.31. The van der Waals surface area contributed by atoms with Crippen LogP contribution >= 0.6 is 11.3 Å². The van der Waals surface area contributed by atoms with E-state index in [9.17, 15) is 14.0 Å². The number of rotatable bonds is 7. The molecule has 1 aliphatic heterocycles. The minimum Gasteiger partial charge on any atom is -0.490 e. The van der Waals surface area contributed by atoms with Gasteiger partial charge in [0.1, 0.15) is 11.6 Å². The van der Waals surface area contributed by atoms with Crippen molar-refractivity contribution in [1.82, 2.24) is 4.57 Å². The zero-order chi connectivity index (χ0) is 30.1. The first-order chi connectivity index (χ1) is 20.9. The molecule has 43 heavy (non-hydrogen) atoms. The van der Waals surface area contributed by atoms with Crippen molar-refractivity contribution < 1.29 is 18.7 Å². The van der Waals surface area contributed by atoms with Gasteiger partial charge >= 0.3 is 5.97 Å². The van der Waals surface area contributed by atoms with Crippen molar-refractivity contribution in [2.45, 2.75) is 32.9 Å². The normalized spacial score (nSPS) is 15.0. The molecule has 1 atom stereocenters. The number of carbonyl (C=O) groups is 1. The Bertz CT molecular complexity index is 2040. The molecule has 1 aromatic heterocycles. The third kappa shape index (κ3) is 5.42. The number of benzene rings is 4. The molecule has 2 heterocycles. The van der Waals surface area contributed by atoms with Gasteiger partial charge in [0.25, 0.3) is 5.56 Å². The molecule has 8 heteroatoms. The number of hydrogen-bond donors (Lipinski definition) is 0. The average Bonchev–Trinajstić information content (AvgIpc) is 3.32. The third-order valence-corrected chi connectivity index (χ3v) is 8.11. The van der Waals surface area contributed by atoms with E-state index in [0.29, 0.717) is 31.9 Å². The fourth-order valence-corrected chi connectivity index (χ4v) is 6.30. The molecular formula is C35H29FN2O4S. The molecule has 0 radical (unpaired) electrons. The summed E-state index contributed by atoms with van der Waals surface area (Å²) in [5, 5.41) is 1.96. The summed E-state index contributed by atoms with van der Waals surface area (Å²) in [7, 11) is 0. The summed E-state index contributed by atoms with van der Waals surface area (Å²) in [6.07, 6.45) is 1.76. The number of thiazole rings is 1. The van der Waals surface area contributed by atoms with E-state index in [-0.39, 0.29) is 23.8 Å². The van der Waals surface area contributed by atoms with Crippen LogP contribution in [0.1, 0.15) is 43.5 Å². The maximum atomic E-state index is 14.3. The summed E-state index contributed by atoms with van der Waals surface area (Å²) < 4.78 is 27.6. The second kappa shape index (κ2) is 11.8. The Kier molecular flexibility index (Phi) is 7.78. The highest BCUT2D eigenvalue weighted by Gasteiger charge is 2.35. The molecule has 0 N–H and O–H groups in total. The highest BCUT2D eigenvalue weighted by molar-refractivity contribution is 7.07. The Balaban J connectivity index is 1.67. The molecule has 0 bridgehead atoms. The first-order valence-electron chi connectivity index (χ1n) is 14.1. The van der Waals surface area contributed by atoms with Gasteiger partial charge in [-0.3, -0.25) is 9.36 Å². The fraction of sp³-hybridized carbons (Fsp3) is 0.171. The summed E-state index contributed by atoms with van der Waals surface area (Å²) in [5.41, 5.74) is 2.35. The molecule has 6 rings (SSSR count). The number of ether oxygens (including phenoxy) is 2. The largest absolute Gasteiger partial charge is 0.490 e. The highest BCUT2D eigenvalue weighted by atomic mass is 32.1. The first-order valence-corrected chi connectivity index (χ1v) is 14.9. The molecule has 0 unspecified atom stereocenters. The van der Waals surface area contributed by atoms with E-state index in [4.69, 9.17) is 14.5 Å². The van der Waals surface area contributed by atoms with Crippen molar-refractivity contribution in [2.75, 3.05) is 6.61 Å². The number of esters is 1. The van der Waals surface area contributed by atoms with Gasteiger partial charge in [-0.15, -0.1) is 0 Å². The topological polar surface area (TPSA) is 69.9 Å². The maximum absolute atomic E-state index is 14.3. The van der Waals surface area contributed by atoms with Crippen LogP contribution in [0, 0.1) is 5.82 Å². The molecule has 0 fully saturated rings. The Labute approximate surface area is 251 Å². The van der Waals surface area contributed by atoms with Crippen molar-refractivity contribution in [3.63, 3.8) is 0 Å². The molecular weight excluding hydrogens is 563 g/mol. The van der Waals surface area contributed by atoms with Gasteiger partial charge in [-0.2, -0.15) is 0 Å². The van der Waals surface area contributed by atoms with Crippen LogP contribution in [0.25, 0.3) is 22.5 Å². The number of carbonyl (C=O) groups excluding carboxylic acids is 1. The van der Waals surface area contributed by atoms with Crippen LogP contribution < -0.4 is 19.6 Å². The minimum absolute atomic E-state index is 0.0754. The Morgan fingerprint density at radius 1 is 1.00 bits per heavy atom. The molecule has 1 aliphatic rings. The van der Waals surface area contributed by atoms with Gasteiger partial charge in [-0.1, -0.05) is 84.1 Å². The zero-order valence-corrected chi connectivity index (χ0v) is 24.7. The monoisotopic (exact) mass is 592 g/mol. The van der Waals surface area contributed by atoms with E-state index in [2.05, 4.69) is 0 Å². The number of nitrogens with zero attached hydrogens (tertiary/aromatic N) is 2. The standard InChI is InChI=1S/C35H29FN2O4S/c1-4-41-34(40)30-31(23-11-6-5-7-12-23)37-35-38(32(30)24-14-17-25(36)18-15-24)33(39)29(43-35)20-27-26-13-9-8-10-22(26)16-19-28(27)42-21(2)3/h5-21,32H,4H2,1-3H3/b29-20-/t32-/m0/s1. The molecule has 216 valence electrons. The van der Waals surface area contributed by atoms with Gasteiger partial charge in [0.05, 0.1) is 34.6 Å². The number of aromatic nitrogens is 1. The zero-order valence-electron chi connectivity index (χ0n) is 23.9. The van der Waals surface area contributed by atoms with Crippen LogP contribution in [0.5, 0.6) is 5.75 Å². The van der Waals surface area contributed by atoms with Crippen LogP contribution in [0.4, 0.5) is 4.39 Å². The molecule has 0 saturated carbocycles. The number of fused-ring (bicyclic) bond motifs is 2. The summed E-state index contributed by atoms with van der Waals surface area (Å²) in [6, 6.07) is 26.1. The maximum Gasteiger partial charge on any atom is 0.338 e. The predicted molar refractivity (Wildman–Crippen MR) is 167 cm³/mol. The molecule has 4 aromatic carbocycles. The van der Waals surface area contributed by atoms with Crippen LogP contribution in [0.3, 0.4) is 0 Å². The van der Waals surface area contributed by atoms with Crippen LogP contribution in [-0.2, 0) is 9.53 Å². The SMILES string of the molecule is CCOC(=O)C1=C(c2ccccc2)N=c2s/c(=C\c3c(OC(C)C)ccc4ccccc34)c(=O)n2[C@H]1c1ccc(F)cc1. The predicted octanol–water partition coefficient (Wildman–Crippen LogP) is 6.02. The van der Waals surface area contributed by atoms with E-state index in [1.807, 2.05) is 86.7 Å². The van der Waals surface area contributed by atoms with E-state index >= 15 is 0 Å². The highest BCUT2D eigenvalue weighted by Crippen LogP contribution is 2.35. The summed E-state index contributed by atoms with van der Waals surface area (Å²) in [6.45, 7) is 5.78. The van der Waals surface area contributed by atoms with Crippen LogP contribution in [0.2, 0.25) is 0 Å². The smallest absolute Gasteiger partial charge is 0.338 e. The van der Waals surface area contributed by atoms with Crippen LogP contribution in [0.15, 0.2) is 106 Å². The Morgan fingerprint density at radius 2 is 1.72 bits per heavy atom. The van der Waals surface area contributed by atoms with E-state index in [1.165, 1.54) is 28.0 Å². The minimum atomic E-state index is -0.882. The van der Waals surface area contributed by atoms with Gasteiger partial charge in [0.15, 0.2) is 4.80 Å². The first kappa shape index (κ1) is 28.3. The van der Waals surface area contributed by atoms with Crippen LogP contribution in [-0.4, -0.2) is 23.2 Å². The molecule has 5 aromatic rings. The van der Waals surface area contributed by atoms with E-state index < -0.39 is 17.8 Å². The molecule has 0 amide bonds. The number of halogens is 1. The van der Waals surface area contributed by atoms with Gasteiger partial charge in [-0.25, -0.2) is 14.2 Å². The Morgan fingerprint density at radius 3 is 2.44 bits per heavy atom. The molecule has 0 aliphatic carbocycles. The van der Waals surface area contributed by atoms with Crippen molar-refractivity contribution >= 4 is 39.9 Å². The molecule has 0 spiro atoms. The lowest BCUT2D eigenvalue weighted by Crippen LogP contribution is -2.40. The second-order valence-corrected chi connectivity index (χ2v) is 11.4. The van der Waals surface area contributed by atoms with Gasteiger partial charge < -0.3 is 9.47 Å². The number of hydrogen-bond acceptors (Lipinski definition) is 6. The van der Waals surface area contributed by atoms with Crippen molar-refractivity contribution in [2.24, 2.45) is 4.99 Å². The van der Waals surface area contributed by atoms with Crippen molar-refractivity contribution in [1.29, 1.82) is 0 Å². The van der Waals surface area contributed by atoms with Gasteiger partial charge in [-0.05, 0) is 61.4 Å². The van der Waals surface area contributed by atoms with Crippen molar-refractivity contribution in [3.8, 4) is 5.75 Å². The summed E-state index contributed by atoms with van der Waals surface area (Å²) in [5.74, 6) is -0.350. The van der Waals surface area contributed by atoms with E-state index in [1.54, 1.807) is 19.1 Å². The van der Waals surface area contributed by atoms with Gasteiger partial charge in [0, 0.05) is 11.1 Å².